The van der Waals surface area contributed by atoms with Gasteiger partial charge in [0.1, 0.15) is 11.6 Å². The minimum Gasteiger partial charge on any atom is -0.497 e. The zero-order valence-electron chi connectivity index (χ0n) is 16.6. The number of aromatic amines is 1. The zero-order valence-corrected chi connectivity index (χ0v) is 16.6. The number of hydrogen-bond acceptors (Lipinski definition) is 5. The molecular weight excluding hydrogens is 356 g/mol. The van der Waals surface area contributed by atoms with Crippen LogP contribution in [0.3, 0.4) is 0 Å². The maximum Gasteiger partial charge on any atom is 0.219 e. The predicted octanol–water partition coefficient (Wildman–Crippen LogP) is 2.47. The first-order chi connectivity index (χ1) is 13.7. The molecule has 1 atom stereocenters. The highest BCUT2D eigenvalue weighted by Gasteiger charge is 2.34. The molecule has 1 aromatic carbocycles. The number of nitrogens with one attached hydrogen (secondary N) is 1. The highest BCUT2D eigenvalue weighted by molar-refractivity contribution is 5.73. The number of hydrogen-bond donors (Lipinski definition) is 1. The molecule has 3 heterocycles. The molecule has 0 aliphatic carbocycles. The van der Waals surface area contributed by atoms with Crippen LogP contribution in [-0.4, -0.2) is 71.7 Å². The SMILES string of the molecule is COc1ccc(-c2cnc(C3COCCN3C3CCN(C(C)=O)CC3)[nH]2)cc1. The van der Waals surface area contributed by atoms with Crippen LogP contribution in [0.1, 0.15) is 31.6 Å². The number of carbonyl (C=O) groups excluding carboxylic acids is 1. The molecule has 2 aliphatic rings. The summed E-state index contributed by atoms with van der Waals surface area (Å²) in [5, 5.41) is 0. The van der Waals surface area contributed by atoms with Crippen LogP contribution >= 0.6 is 0 Å². The number of ether oxygens (including phenoxy) is 2. The van der Waals surface area contributed by atoms with E-state index in [-0.39, 0.29) is 11.9 Å². The van der Waals surface area contributed by atoms with E-state index in [1.54, 1.807) is 14.0 Å². The molecule has 2 fully saturated rings. The van der Waals surface area contributed by atoms with Gasteiger partial charge in [-0.1, -0.05) is 0 Å². The highest BCUT2D eigenvalue weighted by atomic mass is 16.5. The summed E-state index contributed by atoms with van der Waals surface area (Å²) in [6.45, 7) is 5.60. The number of piperidine rings is 1. The van der Waals surface area contributed by atoms with Crippen LogP contribution in [0.4, 0.5) is 0 Å². The Balaban J connectivity index is 1.49. The molecule has 0 bridgehead atoms. The molecule has 2 aliphatic heterocycles. The second-order valence-electron chi connectivity index (χ2n) is 7.48. The number of carbonyl (C=O) groups is 1. The quantitative estimate of drug-likeness (QED) is 0.877. The fourth-order valence-electron chi connectivity index (χ4n) is 4.23. The molecule has 1 aromatic heterocycles. The molecule has 28 heavy (non-hydrogen) atoms. The third kappa shape index (κ3) is 3.91. The van der Waals surface area contributed by atoms with Crippen molar-refractivity contribution >= 4 is 5.91 Å². The van der Waals surface area contributed by atoms with E-state index in [4.69, 9.17) is 9.47 Å². The van der Waals surface area contributed by atoms with Crippen molar-refractivity contribution in [1.29, 1.82) is 0 Å². The van der Waals surface area contributed by atoms with E-state index in [0.717, 1.165) is 61.9 Å². The van der Waals surface area contributed by atoms with Crippen molar-refractivity contribution in [3.8, 4) is 17.0 Å². The summed E-state index contributed by atoms with van der Waals surface area (Å²) >= 11 is 0. The number of benzene rings is 1. The number of amides is 1. The standard InChI is InChI=1S/C21H28N4O3/c1-15(26)24-9-7-17(8-10-24)25-11-12-28-14-20(25)21-22-13-19(23-21)16-3-5-18(27-2)6-4-16/h3-6,13,17,20H,7-12,14H2,1-2H3,(H,22,23). The number of nitrogens with zero attached hydrogens (tertiary/aromatic N) is 3. The normalized spacial score (nSPS) is 21.6. The molecule has 1 unspecified atom stereocenters. The van der Waals surface area contributed by atoms with Crippen LogP contribution in [0.2, 0.25) is 0 Å². The summed E-state index contributed by atoms with van der Waals surface area (Å²) < 4.78 is 11.0. The van der Waals surface area contributed by atoms with Crippen molar-refractivity contribution in [1.82, 2.24) is 19.8 Å². The van der Waals surface area contributed by atoms with Crippen molar-refractivity contribution in [2.75, 3.05) is 40.0 Å². The van der Waals surface area contributed by atoms with Gasteiger partial charge in [-0.3, -0.25) is 9.69 Å². The average Bonchev–Trinajstić information content (AvgIpc) is 3.24. The first kappa shape index (κ1) is 19.0. The summed E-state index contributed by atoms with van der Waals surface area (Å²) in [4.78, 5) is 24.2. The molecule has 1 N–H and O–H groups in total. The molecule has 0 spiro atoms. The van der Waals surface area contributed by atoms with Crippen LogP contribution in [0.15, 0.2) is 30.5 Å². The third-order valence-corrected chi connectivity index (χ3v) is 5.86. The predicted molar refractivity (Wildman–Crippen MR) is 106 cm³/mol. The van der Waals surface area contributed by atoms with E-state index >= 15 is 0 Å². The topological polar surface area (TPSA) is 70.7 Å². The molecule has 2 aromatic rings. The summed E-state index contributed by atoms with van der Waals surface area (Å²) in [5.41, 5.74) is 2.08. The van der Waals surface area contributed by atoms with Crippen molar-refractivity contribution in [3.05, 3.63) is 36.3 Å². The van der Waals surface area contributed by atoms with Crippen LogP contribution in [-0.2, 0) is 9.53 Å². The Morgan fingerprint density at radius 3 is 2.64 bits per heavy atom. The van der Waals surface area contributed by atoms with E-state index < -0.39 is 0 Å². The Morgan fingerprint density at radius 1 is 1.21 bits per heavy atom. The van der Waals surface area contributed by atoms with Crippen molar-refractivity contribution in [2.45, 2.75) is 31.8 Å². The van der Waals surface area contributed by atoms with Gasteiger partial charge in [-0.15, -0.1) is 0 Å². The number of likely N-dealkylation sites (tertiary alicyclic amines) is 1. The van der Waals surface area contributed by atoms with Gasteiger partial charge in [-0.2, -0.15) is 0 Å². The Hall–Kier alpha value is -2.38. The molecule has 0 radical (unpaired) electrons. The molecular formula is C21H28N4O3. The van der Waals surface area contributed by atoms with Crippen LogP contribution in [0.25, 0.3) is 11.3 Å². The molecule has 2 saturated heterocycles. The Kier molecular flexibility index (Phi) is 5.64. The van der Waals surface area contributed by atoms with E-state index in [2.05, 4.69) is 14.9 Å². The average molecular weight is 384 g/mol. The van der Waals surface area contributed by atoms with Gasteiger partial charge in [0.15, 0.2) is 0 Å². The van der Waals surface area contributed by atoms with Crippen molar-refractivity contribution in [3.63, 3.8) is 0 Å². The molecule has 7 heteroatoms. The largest absolute Gasteiger partial charge is 0.497 e. The Bertz CT molecular complexity index is 796. The molecule has 4 rings (SSSR count). The number of aromatic nitrogens is 2. The lowest BCUT2D eigenvalue weighted by Crippen LogP contribution is -2.51. The fraction of sp³-hybridized carbons (Fsp3) is 0.524. The maximum absolute atomic E-state index is 11.6. The number of rotatable bonds is 4. The van der Waals surface area contributed by atoms with Crippen molar-refractivity contribution in [2.24, 2.45) is 0 Å². The first-order valence-electron chi connectivity index (χ1n) is 9.94. The zero-order chi connectivity index (χ0) is 19.5. The lowest BCUT2D eigenvalue weighted by atomic mass is 10.00. The highest BCUT2D eigenvalue weighted by Crippen LogP contribution is 2.30. The number of imidazole rings is 1. The van der Waals surface area contributed by atoms with Gasteiger partial charge in [0.05, 0.1) is 38.3 Å². The van der Waals surface area contributed by atoms with Crippen molar-refractivity contribution < 1.29 is 14.3 Å². The minimum absolute atomic E-state index is 0.120. The maximum atomic E-state index is 11.6. The van der Waals surface area contributed by atoms with Gasteiger partial charge < -0.3 is 19.4 Å². The molecule has 150 valence electrons. The number of H-pyrrole nitrogens is 1. The Morgan fingerprint density at radius 2 is 1.96 bits per heavy atom. The lowest BCUT2D eigenvalue weighted by molar-refractivity contribution is -0.131. The summed E-state index contributed by atoms with van der Waals surface area (Å²) in [6.07, 6.45) is 3.90. The fourth-order valence-corrected chi connectivity index (χ4v) is 4.23. The van der Waals surface area contributed by atoms with E-state index in [9.17, 15) is 4.79 Å². The van der Waals surface area contributed by atoms with E-state index in [0.29, 0.717) is 12.6 Å². The van der Waals surface area contributed by atoms with Gasteiger partial charge in [-0.25, -0.2) is 4.98 Å². The summed E-state index contributed by atoms with van der Waals surface area (Å²) in [7, 11) is 1.67. The Labute approximate surface area is 165 Å². The second kappa shape index (κ2) is 8.32. The first-order valence-corrected chi connectivity index (χ1v) is 9.94. The van der Waals surface area contributed by atoms with Gasteiger partial charge in [-0.05, 0) is 42.7 Å². The van der Waals surface area contributed by atoms with Gasteiger partial charge in [0.25, 0.3) is 0 Å². The van der Waals surface area contributed by atoms with E-state index in [1.807, 2.05) is 35.4 Å². The van der Waals surface area contributed by atoms with E-state index in [1.165, 1.54) is 0 Å². The summed E-state index contributed by atoms with van der Waals surface area (Å²) in [5.74, 6) is 1.96. The second-order valence-corrected chi connectivity index (χ2v) is 7.48. The number of morpholine rings is 1. The van der Waals surface area contributed by atoms with Gasteiger partial charge >= 0.3 is 0 Å². The monoisotopic (exact) mass is 384 g/mol. The lowest BCUT2D eigenvalue weighted by Gasteiger charge is -2.43. The van der Waals surface area contributed by atoms with Crippen LogP contribution in [0.5, 0.6) is 5.75 Å². The number of methoxy groups -OCH3 is 1. The molecule has 7 nitrogen and oxygen atoms in total. The van der Waals surface area contributed by atoms with Crippen LogP contribution in [0, 0.1) is 0 Å². The smallest absolute Gasteiger partial charge is 0.219 e. The van der Waals surface area contributed by atoms with Gasteiger partial charge in [0, 0.05) is 32.6 Å². The third-order valence-electron chi connectivity index (χ3n) is 5.86. The summed E-state index contributed by atoms with van der Waals surface area (Å²) in [6, 6.07) is 8.54. The van der Waals surface area contributed by atoms with Gasteiger partial charge in [0.2, 0.25) is 5.91 Å². The molecule has 1 amide bonds. The minimum atomic E-state index is 0.120. The molecule has 0 saturated carbocycles. The van der Waals surface area contributed by atoms with Crippen LogP contribution < -0.4 is 4.74 Å².